The van der Waals surface area contributed by atoms with Crippen molar-refractivity contribution in [2.45, 2.75) is 104 Å². The van der Waals surface area contributed by atoms with E-state index in [1.165, 1.54) is 19.3 Å². The van der Waals surface area contributed by atoms with Gasteiger partial charge in [0.25, 0.3) is 0 Å². The van der Waals surface area contributed by atoms with Crippen molar-refractivity contribution in [1.82, 2.24) is 0 Å². The van der Waals surface area contributed by atoms with Crippen molar-refractivity contribution in [3.05, 3.63) is 0 Å². The number of esters is 1. The van der Waals surface area contributed by atoms with Crippen LogP contribution >= 0.6 is 0 Å². The third-order valence-corrected chi connectivity index (χ3v) is 4.84. The van der Waals surface area contributed by atoms with Crippen LogP contribution in [-0.4, -0.2) is 24.5 Å². The van der Waals surface area contributed by atoms with E-state index in [2.05, 4.69) is 6.92 Å². The second-order valence-electron chi connectivity index (χ2n) is 7.45. The van der Waals surface area contributed by atoms with E-state index in [4.69, 9.17) is 14.2 Å². The highest BCUT2D eigenvalue weighted by Crippen LogP contribution is 2.23. The molecule has 0 bridgehead atoms. The largest absolute Gasteiger partial charge is 0.511 e. The lowest BCUT2D eigenvalue weighted by Crippen LogP contribution is -2.30. The summed E-state index contributed by atoms with van der Waals surface area (Å²) >= 11 is 0. The van der Waals surface area contributed by atoms with E-state index in [1.54, 1.807) is 6.92 Å². The van der Waals surface area contributed by atoms with Gasteiger partial charge in [-0.2, -0.15) is 0 Å². The molecule has 2 atom stereocenters. The zero-order chi connectivity index (χ0) is 18.7. The highest BCUT2D eigenvalue weighted by atomic mass is 16.8. The van der Waals surface area contributed by atoms with Gasteiger partial charge in [-0.15, -0.1) is 0 Å². The number of carbonyl (C=O) groups is 2. The molecule has 1 fully saturated rings. The van der Waals surface area contributed by atoms with Crippen LogP contribution in [0.2, 0.25) is 0 Å². The van der Waals surface area contributed by atoms with Crippen LogP contribution in [0.3, 0.4) is 0 Å². The first kappa shape index (κ1) is 21.8. The molecule has 1 saturated carbocycles. The Morgan fingerprint density at radius 3 is 2.24 bits per heavy atom. The molecule has 5 heteroatoms. The van der Waals surface area contributed by atoms with Gasteiger partial charge in [0.05, 0.1) is 5.92 Å². The highest BCUT2D eigenvalue weighted by molar-refractivity contribution is 5.73. The number of hydrogen-bond donors (Lipinski definition) is 0. The van der Waals surface area contributed by atoms with Crippen molar-refractivity contribution in [2.75, 3.05) is 0 Å². The van der Waals surface area contributed by atoms with Gasteiger partial charge in [0.2, 0.25) is 6.29 Å². The predicted octanol–water partition coefficient (Wildman–Crippen LogP) is 5.60. The standard InChI is InChI=1S/C20H36O5/c1-5-6-7-11-14-18(15(2)3)19(21)23-16(4)24-20(22)25-17-12-9-8-10-13-17/h15-18H,5-14H2,1-4H3/t16?,18-/m1/s1. The molecule has 0 saturated heterocycles. The second kappa shape index (κ2) is 12.2. The lowest BCUT2D eigenvalue weighted by molar-refractivity contribution is -0.175. The summed E-state index contributed by atoms with van der Waals surface area (Å²) in [6, 6.07) is 0. The maximum absolute atomic E-state index is 12.4. The SMILES string of the molecule is CCCCCC[C@@H](C(=O)OC(C)OC(=O)OC1CCCCC1)C(C)C. The van der Waals surface area contributed by atoms with Crippen LogP contribution in [0.5, 0.6) is 0 Å². The molecule has 25 heavy (non-hydrogen) atoms. The Morgan fingerprint density at radius 1 is 0.960 bits per heavy atom. The van der Waals surface area contributed by atoms with E-state index in [0.29, 0.717) is 0 Å². The van der Waals surface area contributed by atoms with Crippen molar-refractivity contribution >= 4 is 12.1 Å². The van der Waals surface area contributed by atoms with Crippen molar-refractivity contribution in [1.29, 1.82) is 0 Å². The summed E-state index contributed by atoms with van der Waals surface area (Å²) in [6.07, 6.45) is 8.73. The molecule has 0 radical (unpaired) electrons. The summed E-state index contributed by atoms with van der Waals surface area (Å²) in [6.45, 7) is 7.78. The summed E-state index contributed by atoms with van der Waals surface area (Å²) in [4.78, 5) is 24.2. The van der Waals surface area contributed by atoms with E-state index in [-0.39, 0.29) is 23.9 Å². The number of unbranched alkanes of at least 4 members (excludes halogenated alkanes) is 3. The molecule has 5 nitrogen and oxygen atoms in total. The van der Waals surface area contributed by atoms with Crippen LogP contribution in [0.15, 0.2) is 0 Å². The van der Waals surface area contributed by atoms with Crippen LogP contribution in [0, 0.1) is 11.8 Å². The normalized spacial score (nSPS) is 17.8. The second-order valence-corrected chi connectivity index (χ2v) is 7.45. The first-order chi connectivity index (χ1) is 11.9. The number of carbonyl (C=O) groups excluding carboxylic acids is 2. The Balaban J connectivity index is 2.34. The maximum Gasteiger partial charge on any atom is 0.511 e. The van der Waals surface area contributed by atoms with Gasteiger partial charge in [0, 0.05) is 6.92 Å². The average molecular weight is 357 g/mol. The Hall–Kier alpha value is -1.26. The van der Waals surface area contributed by atoms with Crippen LogP contribution in [0.25, 0.3) is 0 Å². The molecule has 1 rings (SSSR count). The number of ether oxygens (including phenoxy) is 3. The lowest BCUT2D eigenvalue weighted by atomic mass is 9.90. The Labute approximate surface area is 152 Å². The smallest absolute Gasteiger partial charge is 0.431 e. The molecule has 0 heterocycles. The van der Waals surface area contributed by atoms with E-state index in [9.17, 15) is 9.59 Å². The molecule has 146 valence electrons. The molecule has 0 amide bonds. The van der Waals surface area contributed by atoms with Crippen LogP contribution in [0.1, 0.15) is 91.9 Å². The molecule has 1 unspecified atom stereocenters. The summed E-state index contributed by atoms with van der Waals surface area (Å²) < 4.78 is 15.7. The van der Waals surface area contributed by atoms with Crippen molar-refractivity contribution in [3.63, 3.8) is 0 Å². The highest BCUT2D eigenvalue weighted by Gasteiger charge is 2.27. The Bertz CT molecular complexity index is 388. The number of hydrogen-bond acceptors (Lipinski definition) is 5. The molecular weight excluding hydrogens is 320 g/mol. The third kappa shape index (κ3) is 9.13. The number of rotatable bonds is 10. The molecule has 0 aromatic carbocycles. The minimum Gasteiger partial charge on any atom is -0.431 e. The Kier molecular flexibility index (Phi) is 10.6. The minimum atomic E-state index is -0.916. The topological polar surface area (TPSA) is 61.8 Å². The van der Waals surface area contributed by atoms with Gasteiger partial charge in [-0.1, -0.05) is 52.9 Å². The van der Waals surface area contributed by atoms with E-state index in [1.807, 2.05) is 13.8 Å². The quantitative estimate of drug-likeness (QED) is 0.289. The van der Waals surface area contributed by atoms with Gasteiger partial charge < -0.3 is 14.2 Å². The fraction of sp³-hybridized carbons (Fsp3) is 0.900. The summed E-state index contributed by atoms with van der Waals surface area (Å²) in [5.41, 5.74) is 0. The van der Waals surface area contributed by atoms with E-state index >= 15 is 0 Å². The average Bonchev–Trinajstić information content (AvgIpc) is 2.54. The first-order valence-electron chi connectivity index (χ1n) is 10.0. The molecule has 1 aliphatic carbocycles. The van der Waals surface area contributed by atoms with Crippen LogP contribution in [0.4, 0.5) is 4.79 Å². The molecule has 0 aliphatic heterocycles. The minimum absolute atomic E-state index is 0.0638. The van der Waals surface area contributed by atoms with Gasteiger partial charge in [-0.25, -0.2) is 4.79 Å². The van der Waals surface area contributed by atoms with Crippen LogP contribution in [-0.2, 0) is 19.0 Å². The van der Waals surface area contributed by atoms with Crippen molar-refractivity contribution in [2.24, 2.45) is 11.8 Å². The lowest BCUT2D eigenvalue weighted by Gasteiger charge is -2.24. The molecule has 0 N–H and O–H groups in total. The van der Waals surface area contributed by atoms with Crippen molar-refractivity contribution < 1.29 is 23.8 Å². The molecule has 1 aliphatic rings. The zero-order valence-corrected chi connectivity index (χ0v) is 16.4. The molecule has 0 spiro atoms. The van der Waals surface area contributed by atoms with Gasteiger partial charge in [0.15, 0.2) is 0 Å². The maximum atomic E-state index is 12.4. The third-order valence-electron chi connectivity index (χ3n) is 4.84. The van der Waals surface area contributed by atoms with E-state index in [0.717, 1.165) is 44.9 Å². The first-order valence-corrected chi connectivity index (χ1v) is 10.0. The van der Waals surface area contributed by atoms with E-state index < -0.39 is 12.4 Å². The molecule has 0 aromatic rings. The summed E-state index contributed by atoms with van der Waals surface area (Å²) in [7, 11) is 0. The molecular formula is C20H36O5. The Morgan fingerprint density at radius 2 is 1.64 bits per heavy atom. The van der Waals surface area contributed by atoms with Crippen molar-refractivity contribution in [3.8, 4) is 0 Å². The fourth-order valence-electron chi connectivity index (χ4n) is 3.27. The summed E-state index contributed by atoms with van der Waals surface area (Å²) in [5, 5.41) is 0. The van der Waals surface area contributed by atoms with Crippen LogP contribution < -0.4 is 0 Å². The van der Waals surface area contributed by atoms with Gasteiger partial charge in [0.1, 0.15) is 6.10 Å². The summed E-state index contributed by atoms with van der Waals surface area (Å²) in [5.74, 6) is -0.239. The van der Waals surface area contributed by atoms with Gasteiger partial charge in [-0.05, 0) is 38.0 Å². The van der Waals surface area contributed by atoms with Gasteiger partial charge in [-0.3, -0.25) is 4.79 Å². The monoisotopic (exact) mass is 356 g/mol. The predicted molar refractivity (Wildman–Crippen MR) is 97.1 cm³/mol. The van der Waals surface area contributed by atoms with Gasteiger partial charge >= 0.3 is 12.1 Å². The zero-order valence-electron chi connectivity index (χ0n) is 16.4. The molecule has 0 aromatic heterocycles. The fourth-order valence-corrected chi connectivity index (χ4v) is 3.27.